The number of carbonyl (C=O) groups is 4. The van der Waals surface area contributed by atoms with Crippen molar-refractivity contribution in [3.63, 3.8) is 0 Å². The SMILES string of the molecule is CC(C)(C)[C@H](c1cc(-c2cc(F)ccc2F)cn1Cc1ccccc1)N(C[C@@H]1CNC[C@@H]1F)C(=O)CSC[C@H](NC(=O)CCCCCN)C(=O)O.O=C(O)C(F)(F)F. The van der Waals surface area contributed by atoms with Gasteiger partial charge in [-0.2, -0.15) is 13.2 Å². The van der Waals surface area contributed by atoms with Gasteiger partial charge in [-0.05, 0) is 54.6 Å². The van der Waals surface area contributed by atoms with Crippen LogP contribution >= 0.6 is 11.8 Å². The lowest BCUT2D eigenvalue weighted by molar-refractivity contribution is -0.192. The van der Waals surface area contributed by atoms with Crippen molar-refractivity contribution >= 4 is 35.5 Å². The van der Waals surface area contributed by atoms with Crippen LogP contribution in [0.25, 0.3) is 11.1 Å². The van der Waals surface area contributed by atoms with Gasteiger partial charge >= 0.3 is 18.1 Å². The number of halogens is 6. The maximum Gasteiger partial charge on any atom is 0.490 e. The second kappa shape index (κ2) is 22.0. The van der Waals surface area contributed by atoms with Crippen LogP contribution in [0, 0.1) is 23.0 Å². The lowest BCUT2D eigenvalue weighted by Gasteiger charge is -2.42. The normalized spacial score (nSPS) is 16.5. The topological polar surface area (TPSA) is 167 Å². The summed E-state index contributed by atoms with van der Waals surface area (Å²) in [7, 11) is 0. The summed E-state index contributed by atoms with van der Waals surface area (Å²) in [6, 6.07) is 12.8. The maximum atomic E-state index is 15.1. The highest BCUT2D eigenvalue weighted by Crippen LogP contribution is 2.42. The summed E-state index contributed by atoms with van der Waals surface area (Å²) in [4.78, 5) is 49.3. The Morgan fingerprint density at radius 3 is 2.24 bits per heavy atom. The number of hydrogen-bond acceptors (Lipinski definition) is 7. The number of amides is 2. The molecule has 0 bridgehead atoms. The highest BCUT2D eigenvalue weighted by molar-refractivity contribution is 8.00. The van der Waals surface area contributed by atoms with Crippen molar-refractivity contribution in [3.05, 3.63) is 83.7 Å². The second-order valence-corrected chi connectivity index (χ2v) is 16.0. The van der Waals surface area contributed by atoms with E-state index in [2.05, 4.69) is 10.6 Å². The van der Waals surface area contributed by atoms with Gasteiger partial charge in [-0.15, -0.1) is 11.8 Å². The molecule has 6 N–H and O–H groups in total. The second-order valence-electron chi connectivity index (χ2n) is 15.0. The third-order valence-corrected chi connectivity index (χ3v) is 10.3. The van der Waals surface area contributed by atoms with E-state index in [1.54, 1.807) is 17.2 Å². The van der Waals surface area contributed by atoms with Crippen LogP contribution in [-0.4, -0.2) is 99.5 Å². The van der Waals surface area contributed by atoms with E-state index in [0.29, 0.717) is 37.3 Å². The quantitative estimate of drug-likeness (QED) is 0.0719. The number of hydrogen-bond donors (Lipinski definition) is 5. The number of nitrogens with zero attached hydrogens (tertiary/aromatic N) is 2. The van der Waals surface area contributed by atoms with Crippen LogP contribution in [0.1, 0.15) is 63.8 Å². The predicted octanol–water partition coefficient (Wildman–Crippen LogP) is 6.41. The van der Waals surface area contributed by atoms with Gasteiger partial charge in [0.05, 0.1) is 11.8 Å². The summed E-state index contributed by atoms with van der Waals surface area (Å²) in [6.07, 6.45) is -2.20. The highest BCUT2D eigenvalue weighted by atomic mass is 32.2. The number of unbranched alkanes of at least 4 members (excludes halogenated alkanes) is 2. The molecule has 1 fully saturated rings. The first-order valence-corrected chi connectivity index (χ1v) is 19.8. The van der Waals surface area contributed by atoms with Crippen LogP contribution in [-0.2, 0) is 25.7 Å². The monoisotopic (exact) mass is 843 g/mol. The van der Waals surface area contributed by atoms with E-state index in [-0.39, 0.29) is 48.4 Å². The first-order valence-electron chi connectivity index (χ1n) is 18.7. The summed E-state index contributed by atoms with van der Waals surface area (Å²) >= 11 is 1.08. The Labute approximate surface area is 337 Å². The third kappa shape index (κ3) is 14.7. The Balaban J connectivity index is 0.00000117. The number of nitrogens with one attached hydrogen (secondary N) is 2. The number of aliphatic carboxylic acids is 2. The Kier molecular flexibility index (Phi) is 18.1. The average molecular weight is 844 g/mol. The molecule has 1 saturated heterocycles. The lowest BCUT2D eigenvalue weighted by atomic mass is 9.82. The molecular formula is C40H51F6N5O6S. The van der Waals surface area contributed by atoms with Crippen LogP contribution in [0.15, 0.2) is 60.8 Å². The molecule has 0 unspecified atom stereocenters. The Bertz CT molecular complexity index is 1820. The van der Waals surface area contributed by atoms with Crippen molar-refractivity contribution in [2.45, 2.75) is 77.4 Å². The average Bonchev–Trinajstić information content (AvgIpc) is 3.74. The molecule has 320 valence electrons. The van der Waals surface area contributed by atoms with Crippen molar-refractivity contribution in [1.29, 1.82) is 0 Å². The molecule has 1 aliphatic rings. The van der Waals surface area contributed by atoms with Gasteiger partial charge in [-0.25, -0.2) is 22.8 Å². The summed E-state index contributed by atoms with van der Waals surface area (Å²) in [5.41, 5.74) is 7.01. The Hall–Kier alpha value is -4.55. The molecule has 11 nitrogen and oxygen atoms in total. The van der Waals surface area contributed by atoms with Crippen molar-refractivity contribution in [3.8, 4) is 11.1 Å². The summed E-state index contributed by atoms with van der Waals surface area (Å²) in [5.74, 6) is -6.52. The molecule has 18 heteroatoms. The molecule has 3 aromatic rings. The smallest absolute Gasteiger partial charge is 0.480 e. The van der Waals surface area contributed by atoms with Gasteiger partial charge in [-0.1, -0.05) is 57.5 Å². The van der Waals surface area contributed by atoms with Crippen molar-refractivity contribution < 1.29 is 55.7 Å². The van der Waals surface area contributed by atoms with E-state index >= 15 is 8.78 Å². The molecule has 58 heavy (non-hydrogen) atoms. The number of carboxylic acids is 2. The van der Waals surface area contributed by atoms with Crippen LogP contribution in [0.2, 0.25) is 0 Å². The molecule has 0 aliphatic carbocycles. The number of nitrogens with two attached hydrogens (primary N) is 1. The number of rotatable bonds is 18. The molecule has 0 radical (unpaired) electrons. The predicted molar refractivity (Wildman–Crippen MR) is 209 cm³/mol. The fraction of sp³-hybridized carbons (Fsp3) is 0.500. The van der Waals surface area contributed by atoms with E-state index in [0.717, 1.165) is 48.4 Å². The molecule has 2 amide bonds. The van der Waals surface area contributed by atoms with E-state index in [1.165, 1.54) is 0 Å². The molecule has 2 heterocycles. The van der Waals surface area contributed by atoms with Crippen LogP contribution < -0.4 is 16.4 Å². The zero-order valence-electron chi connectivity index (χ0n) is 32.5. The lowest BCUT2D eigenvalue weighted by Crippen LogP contribution is -2.47. The van der Waals surface area contributed by atoms with E-state index in [9.17, 15) is 37.1 Å². The summed E-state index contributed by atoms with van der Waals surface area (Å²) in [6.45, 7) is 7.42. The number of alkyl halides is 4. The first kappa shape index (κ1) is 47.8. The number of carboxylic acid groups (broad SMARTS) is 2. The maximum absolute atomic E-state index is 15.1. The van der Waals surface area contributed by atoms with Gasteiger partial charge in [0.1, 0.15) is 23.8 Å². The molecule has 1 aromatic heterocycles. The standard InChI is InChI=1S/C38H50F3N5O4S.C2HF3O2/c1-38(2,3)36(33-16-26(29-17-28(39)13-14-30(29)40)21-45(33)20-25-10-6-4-7-11-25)46(22-27-18-43-19-31(27)41)35(48)24-51-23-32(37(49)50)44-34(47)12-8-5-9-15-42;3-2(4,5)1(6)7/h4,6-7,10-11,13-14,16-17,21,27,31-32,36,43H,5,8-9,12,15,18-20,22-24,42H2,1-3H3,(H,44,47)(H,49,50);(H,6,7)/t27-,31-,32-,36-;/m0./s1. The molecule has 4 atom stereocenters. The van der Waals surface area contributed by atoms with Crippen molar-refractivity contribution in [2.24, 2.45) is 17.1 Å². The number of thioether (sulfide) groups is 1. The molecule has 0 saturated carbocycles. The van der Waals surface area contributed by atoms with Gasteiger partial charge in [0, 0.05) is 67.3 Å². The van der Waals surface area contributed by atoms with Gasteiger partial charge in [0.25, 0.3) is 0 Å². The molecule has 4 rings (SSSR count). The van der Waals surface area contributed by atoms with Crippen molar-refractivity contribution in [2.75, 3.05) is 37.7 Å². The Morgan fingerprint density at radius 2 is 1.67 bits per heavy atom. The zero-order valence-corrected chi connectivity index (χ0v) is 33.4. The molecular weight excluding hydrogens is 793 g/mol. The summed E-state index contributed by atoms with van der Waals surface area (Å²) < 4.78 is 78.3. The molecule has 0 spiro atoms. The van der Waals surface area contributed by atoms with E-state index < -0.39 is 59.3 Å². The Morgan fingerprint density at radius 1 is 1.00 bits per heavy atom. The van der Waals surface area contributed by atoms with Gasteiger partial charge in [-0.3, -0.25) is 9.59 Å². The van der Waals surface area contributed by atoms with Crippen LogP contribution in [0.4, 0.5) is 26.3 Å². The van der Waals surface area contributed by atoms with Crippen molar-refractivity contribution in [1.82, 2.24) is 20.1 Å². The van der Waals surface area contributed by atoms with Crippen LogP contribution in [0.3, 0.4) is 0 Å². The number of carbonyl (C=O) groups excluding carboxylic acids is 2. The first-order chi connectivity index (χ1) is 27.2. The minimum atomic E-state index is -5.08. The van der Waals surface area contributed by atoms with E-state index in [4.69, 9.17) is 15.6 Å². The van der Waals surface area contributed by atoms with Gasteiger partial charge < -0.3 is 36.0 Å². The number of benzene rings is 2. The zero-order chi connectivity index (χ0) is 43.2. The fourth-order valence-corrected chi connectivity index (χ4v) is 7.41. The van der Waals surface area contributed by atoms with E-state index in [1.807, 2.05) is 55.7 Å². The number of aromatic nitrogens is 1. The minimum absolute atomic E-state index is 0.0479. The third-order valence-electron chi connectivity index (χ3n) is 9.28. The molecule has 2 aromatic carbocycles. The van der Waals surface area contributed by atoms with Gasteiger partial charge in [0.2, 0.25) is 11.8 Å². The summed E-state index contributed by atoms with van der Waals surface area (Å²) in [5, 5.41) is 22.6. The largest absolute Gasteiger partial charge is 0.490 e. The fourth-order valence-electron chi connectivity index (χ4n) is 6.49. The molecule has 1 aliphatic heterocycles. The van der Waals surface area contributed by atoms with Gasteiger partial charge in [0.15, 0.2) is 0 Å². The van der Waals surface area contributed by atoms with Crippen LogP contribution in [0.5, 0.6) is 0 Å². The highest BCUT2D eigenvalue weighted by Gasteiger charge is 2.41. The minimum Gasteiger partial charge on any atom is -0.480 e.